The summed E-state index contributed by atoms with van der Waals surface area (Å²) < 4.78 is 0. The summed E-state index contributed by atoms with van der Waals surface area (Å²) in [7, 11) is 0. The second-order valence-electron chi connectivity index (χ2n) is 2.30. The molecule has 11 heavy (non-hydrogen) atoms. The normalized spacial score (nSPS) is 11.9. The van der Waals surface area contributed by atoms with Gasteiger partial charge in [-0.3, -0.25) is 0 Å². The van der Waals surface area contributed by atoms with Crippen LogP contribution in [0.5, 0.6) is 0 Å². The van der Waals surface area contributed by atoms with Crippen LogP contribution >= 0.6 is 0 Å². The third-order valence-corrected chi connectivity index (χ3v) is 1.12. The van der Waals surface area contributed by atoms with Crippen LogP contribution in [0.1, 0.15) is 34.1 Å². The van der Waals surface area contributed by atoms with Crippen LogP contribution in [0.25, 0.3) is 0 Å². The minimum atomic E-state index is -1.37. The van der Waals surface area contributed by atoms with Gasteiger partial charge < -0.3 is 15.0 Å². The molecule has 0 heterocycles. The van der Waals surface area contributed by atoms with E-state index >= 15 is 0 Å². The summed E-state index contributed by atoms with van der Waals surface area (Å²) in [5, 5.41) is 16.9. The van der Waals surface area contributed by atoms with Crippen molar-refractivity contribution in [3.8, 4) is 0 Å². The molecule has 0 aromatic rings. The molecule has 3 nitrogen and oxygen atoms in total. The molecule has 0 aliphatic heterocycles. The highest BCUT2D eigenvalue weighted by Gasteiger charge is 2.11. The number of carbonyl (C=O) groups excluding carboxylic acids is 1. The van der Waals surface area contributed by atoms with Crippen molar-refractivity contribution < 1.29 is 15.0 Å². The van der Waals surface area contributed by atoms with Crippen molar-refractivity contribution in [2.24, 2.45) is 5.92 Å². The number of hydrogen-bond acceptors (Lipinski definition) is 3. The first-order valence-electron chi connectivity index (χ1n) is 3.89. The summed E-state index contributed by atoms with van der Waals surface area (Å²) in [4.78, 5) is 10.3. The van der Waals surface area contributed by atoms with E-state index in [1.807, 2.05) is 13.8 Å². The first-order valence-corrected chi connectivity index (χ1v) is 3.89. The van der Waals surface area contributed by atoms with Crippen LogP contribution in [0.15, 0.2) is 0 Å². The van der Waals surface area contributed by atoms with Crippen molar-refractivity contribution in [1.29, 1.82) is 0 Å². The molecule has 0 fully saturated rings. The molecular weight excluding hydrogens is 144 g/mol. The molecule has 0 rings (SSSR count). The zero-order valence-electron chi connectivity index (χ0n) is 7.66. The number of Topliss-reactive ketones (excluding diaryl/α,β-unsaturated/α-hetero) is 1. The maximum absolute atomic E-state index is 10.3. The fraction of sp³-hybridized carbons (Fsp3) is 0.875. The fourth-order valence-corrected chi connectivity index (χ4v) is 0.559. The maximum Gasteiger partial charge on any atom is 0.154 e. The third kappa shape index (κ3) is 9.59. The van der Waals surface area contributed by atoms with E-state index < -0.39 is 6.29 Å². The van der Waals surface area contributed by atoms with Crippen LogP contribution in [-0.4, -0.2) is 22.3 Å². The lowest BCUT2D eigenvalue weighted by Crippen LogP contribution is -2.18. The minimum absolute atomic E-state index is 0.0180. The lowest BCUT2D eigenvalue weighted by molar-refractivity contribution is -0.124. The van der Waals surface area contributed by atoms with E-state index in [9.17, 15) is 4.79 Å². The first kappa shape index (κ1) is 13.2. The zero-order chi connectivity index (χ0) is 9.44. The molecule has 0 spiro atoms. The Morgan fingerprint density at radius 2 is 1.73 bits per heavy atom. The van der Waals surface area contributed by atoms with Crippen molar-refractivity contribution in [3.05, 3.63) is 0 Å². The molecule has 0 saturated heterocycles. The molecular formula is C8H18O3. The highest BCUT2D eigenvalue weighted by molar-refractivity contribution is 5.75. The molecule has 0 aromatic carbocycles. The standard InChI is InChI=1S/C6H12O3.C2H6/c1-4(6(8)9)3-5(2)7;1-2/h4,6,8-9H,3H2,1-2H3;1-2H3. The average Bonchev–Trinajstić information content (AvgIpc) is 1.90. The van der Waals surface area contributed by atoms with Gasteiger partial charge in [-0.25, -0.2) is 0 Å². The first-order chi connectivity index (χ1) is 5.04. The van der Waals surface area contributed by atoms with Crippen LogP contribution in [0.4, 0.5) is 0 Å². The van der Waals surface area contributed by atoms with Gasteiger partial charge in [-0.05, 0) is 6.92 Å². The number of aliphatic hydroxyl groups excluding tert-OH is 1. The van der Waals surface area contributed by atoms with E-state index in [4.69, 9.17) is 10.2 Å². The summed E-state index contributed by atoms with van der Waals surface area (Å²) in [5.74, 6) is -0.363. The monoisotopic (exact) mass is 162 g/mol. The van der Waals surface area contributed by atoms with Crippen molar-refractivity contribution in [1.82, 2.24) is 0 Å². The van der Waals surface area contributed by atoms with Crippen LogP contribution in [0, 0.1) is 5.92 Å². The van der Waals surface area contributed by atoms with E-state index in [-0.39, 0.29) is 18.1 Å². The molecule has 1 atom stereocenters. The van der Waals surface area contributed by atoms with Crippen molar-refractivity contribution in [2.45, 2.75) is 40.4 Å². The SMILES string of the molecule is CC.CC(=O)CC(C)C(O)O. The largest absolute Gasteiger partial charge is 0.368 e. The van der Waals surface area contributed by atoms with E-state index in [2.05, 4.69) is 0 Å². The van der Waals surface area contributed by atoms with E-state index in [1.165, 1.54) is 6.92 Å². The molecule has 0 aromatic heterocycles. The van der Waals surface area contributed by atoms with Crippen LogP contribution in [0.2, 0.25) is 0 Å². The second kappa shape index (κ2) is 7.69. The Hall–Kier alpha value is -0.410. The number of aliphatic hydroxyl groups is 2. The Bertz CT molecular complexity index is 99.5. The van der Waals surface area contributed by atoms with Crippen molar-refractivity contribution >= 4 is 5.78 Å². The molecule has 0 aliphatic rings. The summed E-state index contributed by atoms with van der Waals surface area (Å²) >= 11 is 0. The highest BCUT2D eigenvalue weighted by atomic mass is 16.5. The van der Waals surface area contributed by atoms with E-state index in [1.54, 1.807) is 6.92 Å². The van der Waals surface area contributed by atoms with Gasteiger partial charge in [-0.1, -0.05) is 20.8 Å². The molecule has 1 unspecified atom stereocenters. The topological polar surface area (TPSA) is 57.5 Å². The van der Waals surface area contributed by atoms with Crippen LogP contribution in [0.3, 0.4) is 0 Å². The average molecular weight is 162 g/mol. The molecule has 68 valence electrons. The summed E-state index contributed by atoms with van der Waals surface area (Å²) in [6.07, 6.45) is -1.13. The van der Waals surface area contributed by atoms with Gasteiger partial charge in [0.1, 0.15) is 5.78 Å². The molecule has 3 heteroatoms. The predicted octanol–water partition coefficient (Wildman–Crippen LogP) is 0.938. The van der Waals surface area contributed by atoms with Gasteiger partial charge in [-0.2, -0.15) is 0 Å². The Labute approximate surface area is 68.0 Å². The zero-order valence-corrected chi connectivity index (χ0v) is 7.66. The van der Waals surface area contributed by atoms with Gasteiger partial charge in [0.25, 0.3) is 0 Å². The Morgan fingerprint density at radius 3 is 1.82 bits per heavy atom. The molecule has 0 saturated carbocycles. The molecule has 0 radical (unpaired) electrons. The van der Waals surface area contributed by atoms with E-state index in [0.717, 1.165) is 0 Å². The molecule has 0 aliphatic carbocycles. The van der Waals surface area contributed by atoms with Gasteiger partial charge in [0.15, 0.2) is 6.29 Å². The summed E-state index contributed by atoms with van der Waals surface area (Å²) in [5.41, 5.74) is 0. The molecule has 2 N–H and O–H groups in total. The second-order valence-corrected chi connectivity index (χ2v) is 2.30. The van der Waals surface area contributed by atoms with Crippen molar-refractivity contribution in [2.75, 3.05) is 0 Å². The molecule has 0 amide bonds. The number of hydrogen-bond donors (Lipinski definition) is 2. The Morgan fingerprint density at radius 1 is 1.36 bits per heavy atom. The number of rotatable bonds is 3. The fourth-order valence-electron chi connectivity index (χ4n) is 0.559. The summed E-state index contributed by atoms with van der Waals surface area (Å²) in [6, 6.07) is 0. The lowest BCUT2D eigenvalue weighted by Gasteiger charge is -2.09. The minimum Gasteiger partial charge on any atom is -0.368 e. The third-order valence-electron chi connectivity index (χ3n) is 1.12. The highest BCUT2D eigenvalue weighted by Crippen LogP contribution is 2.05. The summed E-state index contributed by atoms with van der Waals surface area (Å²) in [6.45, 7) is 7.05. The van der Waals surface area contributed by atoms with Gasteiger partial charge in [0.2, 0.25) is 0 Å². The Balaban J connectivity index is 0. The van der Waals surface area contributed by atoms with E-state index in [0.29, 0.717) is 0 Å². The number of ketones is 1. The quantitative estimate of drug-likeness (QED) is 0.607. The van der Waals surface area contributed by atoms with Crippen molar-refractivity contribution in [3.63, 3.8) is 0 Å². The lowest BCUT2D eigenvalue weighted by atomic mass is 10.1. The number of carbonyl (C=O) groups is 1. The Kier molecular flexibility index (Phi) is 9.23. The van der Waals surface area contributed by atoms with Gasteiger partial charge in [0, 0.05) is 12.3 Å². The molecule has 0 bridgehead atoms. The maximum atomic E-state index is 10.3. The van der Waals surface area contributed by atoms with Gasteiger partial charge >= 0.3 is 0 Å². The van der Waals surface area contributed by atoms with Crippen LogP contribution < -0.4 is 0 Å². The van der Waals surface area contributed by atoms with Crippen LogP contribution in [-0.2, 0) is 4.79 Å². The predicted molar refractivity (Wildman–Crippen MR) is 44.0 cm³/mol. The van der Waals surface area contributed by atoms with Gasteiger partial charge in [0.05, 0.1) is 0 Å². The van der Waals surface area contributed by atoms with Gasteiger partial charge in [-0.15, -0.1) is 0 Å². The smallest absolute Gasteiger partial charge is 0.154 e.